The van der Waals surface area contributed by atoms with E-state index in [2.05, 4.69) is 13.8 Å². The Bertz CT molecular complexity index is 226. The van der Waals surface area contributed by atoms with Gasteiger partial charge in [-0.05, 0) is 49.4 Å². The van der Waals surface area contributed by atoms with Crippen LogP contribution in [-0.2, 0) is 0 Å². The van der Waals surface area contributed by atoms with E-state index >= 15 is 0 Å². The third-order valence-electron chi connectivity index (χ3n) is 5.34. The van der Waals surface area contributed by atoms with Crippen molar-refractivity contribution in [3.63, 3.8) is 0 Å². The van der Waals surface area contributed by atoms with Crippen LogP contribution < -0.4 is 0 Å². The minimum atomic E-state index is 0.00657. The fraction of sp³-hybridized carbons (Fsp3) is 1.00. The predicted molar refractivity (Wildman–Crippen MR) is 72.9 cm³/mol. The SMILES string of the molecule is CCC1CCCC(C(O)C2CCCC(C)C2)C1. The molecule has 0 saturated heterocycles. The maximum atomic E-state index is 10.6. The Hall–Kier alpha value is -0.0400. The Kier molecular flexibility index (Phi) is 4.90. The zero-order chi connectivity index (χ0) is 12.3. The molecule has 0 aromatic carbocycles. The molecule has 1 heteroatoms. The van der Waals surface area contributed by atoms with Gasteiger partial charge in [0.2, 0.25) is 0 Å². The minimum Gasteiger partial charge on any atom is -0.393 e. The van der Waals surface area contributed by atoms with Crippen LogP contribution in [-0.4, -0.2) is 11.2 Å². The third-order valence-corrected chi connectivity index (χ3v) is 5.34. The summed E-state index contributed by atoms with van der Waals surface area (Å²) in [6, 6.07) is 0. The lowest BCUT2D eigenvalue weighted by molar-refractivity contribution is 0.00134. The summed E-state index contributed by atoms with van der Waals surface area (Å²) < 4.78 is 0. The summed E-state index contributed by atoms with van der Waals surface area (Å²) in [6.45, 7) is 4.66. The van der Waals surface area contributed by atoms with E-state index in [9.17, 15) is 5.11 Å². The molecule has 1 N–H and O–H groups in total. The van der Waals surface area contributed by atoms with Gasteiger partial charge < -0.3 is 5.11 Å². The first kappa shape index (κ1) is 13.4. The molecule has 2 aliphatic carbocycles. The summed E-state index contributed by atoms with van der Waals surface area (Å²) in [5.74, 6) is 2.96. The van der Waals surface area contributed by atoms with E-state index in [0.29, 0.717) is 11.8 Å². The molecule has 0 heterocycles. The second-order valence-electron chi connectivity index (χ2n) is 6.72. The molecule has 0 radical (unpaired) electrons. The zero-order valence-electron chi connectivity index (χ0n) is 11.7. The van der Waals surface area contributed by atoms with E-state index < -0.39 is 0 Å². The maximum Gasteiger partial charge on any atom is 0.0596 e. The zero-order valence-corrected chi connectivity index (χ0v) is 11.7. The Labute approximate surface area is 107 Å². The fourth-order valence-electron chi connectivity index (χ4n) is 4.19. The Morgan fingerprint density at radius 2 is 1.65 bits per heavy atom. The standard InChI is InChI=1S/C16H30O/c1-3-13-7-5-9-15(11-13)16(17)14-8-4-6-12(2)10-14/h12-17H,3-11H2,1-2H3. The lowest BCUT2D eigenvalue weighted by Gasteiger charge is -2.38. The molecule has 0 aliphatic heterocycles. The van der Waals surface area contributed by atoms with Crippen LogP contribution in [0.15, 0.2) is 0 Å². The third kappa shape index (κ3) is 3.47. The van der Waals surface area contributed by atoms with Crippen LogP contribution in [0, 0.1) is 23.7 Å². The van der Waals surface area contributed by atoms with Crippen molar-refractivity contribution in [2.24, 2.45) is 23.7 Å². The molecule has 2 rings (SSSR count). The summed E-state index contributed by atoms with van der Waals surface area (Å²) in [6.07, 6.45) is 11.9. The summed E-state index contributed by atoms with van der Waals surface area (Å²) in [5.41, 5.74) is 0. The molecule has 2 saturated carbocycles. The van der Waals surface area contributed by atoms with Crippen molar-refractivity contribution in [1.82, 2.24) is 0 Å². The fourth-order valence-corrected chi connectivity index (χ4v) is 4.19. The van der Waals surface area contributed by atoms with Crippen LogP contribution in [0.3, 0.4) is 0 Å². The second-order valence-corrected chi connectivity index (χ2v) is 6.72. The highest BCUT2D eigenvalue weighted by atomic mass is 16.3. The van der Waals surface area contributed by atoms with Gasteiger partial charge in [-0.3, -0.25) is 0 Å². The first-order valence-electron chi connectivity index (χ1n) is 7.88. The molecule has 0 bridgehead atoms. The van der Waals surface area contributed by atoms with Gasteiger partial charge in [-0.2, -0.15) is 0 Å². The first-order valence-corrected chi connectivity index (χ1v) is 7.88. The topological polar surface area (TPSA) is 20.2 Å². The molecule has 17 heavy (non-hydrogen) atoms. The molecular formula is C16H30O. The highest BCUT2D eigenvalue weighted by Gasteiger charge is 2.33. The highest BCUT2D eigenvalue weighted by Crippen LogP contribution is 2.39. The predicted octanol–water partition coefficient (Wildman–Crippen LogP) is 4.39. The molecule has 0 amide bonds. The van der Waals surface area contributed by atoms with Crippen molar-refractivity contribution in [3.05, 3.63) is 0 Å². The van der Waals surface area contributed by atoms with Crippen molar-refractivity contribution in [3.8, 4) is 0 Å². The van der Waals surface area contributed by atoms with E-state index in [1.807, 2.05) is 0 Å². The summed E-state index contributed by atoms with van der Waals surface area (Å²) in [4.78, 5) is 0. The average molecular weight is 238 g/mol. The van der Waals surface area contributed by atoms with Crippen LogP contribution in [0.1, 0.15) is 71.6 Å². The van der Waals surface area contributed by atoms with Crippen LogP contribution in [0.5, 0.6) is 0 Å². The number of rotatable bonds is 3. The van der Waals surface area contributed by atoms with Gasteiger partial charge in [0.25, 0.3) is 0 Å². The summed E-state index contributed by atoms with van der Waals surface area (Å²) in [7, 11) is 0. The van der Waals surface area contributed by atoms with Gasteiger partial charge in [0, 0.05) is 0 Å². The molecular weight excluding hydrogens is 208 g/mol. The maximum absolute atomic E-state index is 10.6. The molecule has 0 aromatic rings. The summed E-state index contributed by atoms with van der Waals surface area (Å²) >= 11 is 0. The van der Waals surface area contributed by atoms with Gasteiger partial charge in [0.1, 0.15) is 0 Å². The summed E-state index contributed by atoms with van der Waals surface area (Å²) in [5, 5.41) is 10.6. The molecule has 0 spiro atoms. The molecule has 1 nitrogen and oxygen atoms in total. The minimum absolute atomic E-state index is 0.00657. The smallest absolute Gasteiger partial charge is 0.0596 e. The van der Waals surface area contributed by atoms with E-state index in [4.69, 9.17) is 0 Å². The molecule has 2 aliphatic rings. The van der Waals surface area contributed by atoms with E-state index in [1.165, 1.54) is 57.8 Å². The first-order chi connectivity index (χ1) is 8.20. The van der Waals surface area contributed by atoms with Gasteiger partial charge in [-0.15, -0.1) is 0 Å². The van der Waals surface area contributed by atoms with Crippen LogP contribution in [0.4, 0.5) is 0 Å². The second kappa shape index (κ2) is 6.22. The van der Waals surface area contributed by atoms with Crippen LogP contribution in [0.25, 0.3) is 0 Å². The van der Waals surface area contributed by atoms with Crippen LogP contribution >= 0.6 is 0 Å². The monoisotopic (exact) mass is 238 g/mol. The van der Waals surface area contributed by atoms with Crippen molar-refractivity contribution < 1.29 is 5.11 Å². The van der Waals surface area contributed by atoms with Crippen molar-refractivity contribution in [2.75, 3.05) is 0 Å². The Morgan fingerprint density at radius 3 is 2.29 bits per heavy atom. The quantitative estimate of drug-likeness (QED) is 0.773. The molecule has 5 unspecified atom stereocenters. The van der Waals surface area contributed by atoms with Gasteiger partial charge in [0.05, 0.1) is 6.10 Å². The Balaban J connectivity index is 1.87. The van der Waals surface area contributed by atoms with Gasteiger partial charge in [-0.1, -0.05) is 46.0 Å². The lowest BCUT2D eigenvalue weighted by Crippen LogP contribution is -2.35. The number of hydrogen-bond donors (Lipinski definition) is 1. The average Bonchev–Trinajstić information content (AvgIpc) is 2.38. The van der Waals surface area contributed by atoms with E-state index in [-0.39, 0.29) is 6.10 Å². The highest BCUT2D eigenvalue weighted by molar-refractivity contribution is 4.84. The molecule has 0 aromatic heterocycles. The van der Waals surface area contributed by atoms with Gasteiger partial charge in [0.15, 0.2) is 0 Å². The number of hydrogen-bond acceptors (Lipinski definition) is 1. The van der Waals surface area contributed by atoms with Gasteiger partial charge >= 0.3 is 0 Å². The number of aliphatic hydroxyl groups excluding tert-OH is 1. The molecule has 2 fully saturated rings. The van der Waals surface area contributed by atoms with Crippen molar-refractivity contribution in [2.45, 2.75) is 77.7 Å². The molecule has 5 atom stereocenters. The lowest BCUT2D eigenvalue weighted by atomic mass is 9.70. The van der Waals surface area contributed by atoms with Gasteiger partial charge in [-0.25, -0.2) is 0 Å². The van der Waals surface area contributed by atoms with E-state index in [1.54, 1.807) is 0 Å². The van der Waals surface area contributed by atoms with Crippen LogP contribution in [0.2, 0.25) is 0 Å². The Morgan fingerprint density at radius 1 is 1.00 bits per heavy atom. The van der Waals surface area contributed by atoms with Crippen molar-refractivity contribution in [1.29, 1.82) is 0 Å². The normalized spacial score (nSPS) is 41.1. The molecule has 100 valence electrons. The number of aliphatic hydroxyl groups is 1. The largest absolute Gasteiger partial charge is 0.393 e. The van der Waals surface area contributed by atoms with Crippen molar-refractivity contribution >= 4 is 0 Å². The van der Waals surface area contributed by atoms with E-state index in [0.717, 1.165) is 11.8 Å².